The van der Waals surface area contributed by atoms with E-state index in [1.165, 1.54) is 0 Å². The van der Waals surface area contributed by atoms with Crippen molar-refractivity contribution >= 4 is 5.91 Å². The van der Waals surface area contributed by atoms with Crippen LogP contribution >= 0.6 is 0 Å². The number of hydrogen-bond acceptors (Lipinski definition) is 6. The predicted octanol–water partition coefficient (Wildman–Crippen LogP) is 0.723. The maximum atomic E-state index is 13.0. The van der Waals surface area contributed by atoms with Crippen molar-refractivity contribution in [2.75, 3.05) is 26.7 Å². The number of hydrogen-bond donors (Lipinski definition) is 2. The fourth-order valence-corrected chi connectivity index (χ4v) is 4.49. The fraction of sp³-hybridized carbons (Fsp3) is 0.667. The molecule has 0 aromatic carbocycles. The van der Waals surface area contributed by atoms with Crippen molar-refractivity contribution in [3.8, 4) is 5.88 Å². The zero-order chi connectivity index (χ0) is 17.3. The average Bonchev–Trinajstić information content (AvgIpc) is 3.30. The molecule has 1 aliphatic carbocycles. The van der Waals surface area contributed by atoms with Gasteiger partial charge in [0.1, 0.15) is 6.10 Å². The van der Waals surface area contributed by atoms with Gasteiger partial charge in [0.05, 0.1) is 17.6 Å². The molecule has 0 radical (unpaired) electrons. The number of pyridine rings is 1. The second kappa shape index (κ2) is 6.90. The van der Waals surface area contributed by atoms with E-state index in [2.05, 4.69) is 15.8 Å². The Labute approximate surface area is 148 Å². The molecule has 1 aromatic heterocycles. The Kier molecular flexibility index (Phi) is 4.62. The predicted molar refractivity (Wildman–Crippen MR) is 91.9 cm³/mol. The third-order valence-electron chi connectivity index (χ3n) is 5.92. The number of aromatic nitrogens is 1. The van der Waals surface area contributed by atoms with Crippen LogP contribution in [0, 0.1) is 5.92 Å². The van der Waals surface area contributed by atoms with E-state index in [0.717, 1.165) is 32.2 Å². The normalized spacial score (nSPS) is 32.6. The maximum Gasteiger partial charge on any atom is 0.228 e. The molecule has 4 rings (SSSR count). The monoisotopic (exact) mass is 346 g/mol. The molecule has 3 aliphatic rings. The summed E-state index contributed by atoms with van der Waals surface area (Å²) in [5.41, 5.74) is 5.88. The number of carbonyl (C=O) groups is 1. The molecule has 1 saturated carbocycles. The molecule has 2 N–H and O–H groups in total. The van der Waals surface area contributed by atoms with Gasteiger partial charge in [-0.3, -0.25) is 15.6 Å². The summed E-state index contributed by atoms with van der Waals surface area (Å²) < 4.78 is 12.0. The Balaban J connectivity index is 1.49. The van der Waals surface area contributed by atoms with Crippen LogP contribution in [0.2, 0.25) is 0 Å². The highest BCUT2D eigenvalue weighted by Gasteiger charge is 2.53. The van der Waals surface area contributed by atoms with E-state index < -0.39 is 0 Å². The van der Waals surface area contributed by atoms with E-state index in [4.69, 9.17) is 9.47 Å². The molecule has 0 bridgehead atoms. The first kappa shape index (κ1) is 16.8. The van der Waals surface area contributed by atoms with Crippen molar-refractivity contribution in [3.63, 3.8) is 0 Å². The minimum Gasteiger partial charge on any atom is -0.474 e. The van der Waals surface area contributed by atoms with E-state index in [1.54, 1.807) is 13.3 Å². The maximum absolute atomic E-state index is 13.0. The van der Waals surface area contributed by atoms with Gasteiger partial charge in [0.25, 0.3) is 0 Å². The van der Waals surface area contributed by atoms with Crippen molar-refractivity contribution in [1.82, 2.24) is 20.7 Å². The van der Waals surface area contributed by atoms with Crippen LogP contribution in [-0.2, 0) is 9.53 Å². The molecule has 3 fully saturated rings. The Hall–Kier alpha value is -1.70. The summed E-state index contributed by atoms with van der Waals surface area (Å²) in [5.74, 6) is 0.877. The van der Waals surface area contributed by atoms with Crippen LogP contribution in [0.15, 0.2) is 24.4 Å². The third kappa shape index (κ3) is 3.12. The lowest BCUT2D eigenvalue weighted by Gasteiger charge is -2.43. The van der Waals surface area contributed by atoms with Crippen molar-refractivity contribution in [2.24, 2.45) is 5.92 Å². The quantitative estimate of drug-likeness (QED) is 0.837. The molecule has 0 unspecified atom stereocenters. The van der Waals surface area contributed by atoms with Gasteiger partial charge in [0, 0.05) is 45.4 Å². The molecular weight excluding hydrogens is 320 g/mol. The zero-order valence-corrected chi connectivity index (χ0v) is 14.6. The molecule has 3 heterocycles. The second-order valence-corrected chi connectivity index (χ2v) is 7.21. The highest BCUT2D eigenvalue weighted by atomic mass is 16.5. The number of nitrogens with one attached hydrogen (secondary N) is 2. The van der Waals surface area contributed by atoms with Crippen molar-refractivity contribution < 1.29 is 14.3 Å². The minimum absolute atomic E-state index is 0.00439. The summed E-state index contributed by atoms with van der Waals surface area (Å²) in [4.78, 5) is 19.3. The topological polar surface area (TPSA) is 75.7 Å². The molecule has 25 heavy (non-hydrogen) atoms. The largest absolute Gasteiger partial charge is 0.474 e. The number of amides is 1. The lowest BCUT2D eigenvalue weighted by Crippen LogP contribution is -2.54. The fourth-order valence-electron chi connectivity index (χ4n) is 4.49. The molecular formula is C18H26N4O3. The summed E-state index contributed by atoms with van der Waals surface area (Å²) in [6.45, 7) is 2.15. The lowest BCUT2D eigenvalue weighted by molar-refractivity contribution is -0.142. The number of carbonyl (C=O) groups excluding carboxylic acids is 1. The highest BCUT2D eigenvalue weighted by molar-refractivity contribution is 5.80. The van der Waals surface area contributed by atoms with Gasteiger partial charge in [0.15, 0.2) is 0 Å². The van der Waals surface area contributed by atoms with Crippen molar-refractivity contribution in [1.29, 1.82) is 0 Å². The number of methoxy groups -OCH3 is 1. The van der Waals surface area contributed by atoms with Gasteiger partial charge < -0.3 is 14.4 Å². The van der Waals surface area contributed by atoms with Crippen molar-refractivity contribution in [2.45, 2.75) is 43.4 Å². The highest BCUT2D eigenvalue weighted by Crippen LogP contribution is 2.43. The van der Waals surface area contributed by atoms with Gasteiger partial charge in [-0.1, -0.05) is 6.07 Å². The summed E-state index contributed by atoms with van der Waals surface area (Å²) in [5, 5.41) is 0. The summed E-state index contributed by atoms with van der Waals surface area (Å²) in [6.07, 6.45) is 5.35. The number of likely N-dealkylation sites (tertiary alicyclic amines) is 1. The van der Waals surface area contributed by atoms with Gasteiger partial charge in [0.2, 0.25) is 11.8 Å². The molecule has 1 aromatic rings. The first-order valence-corrected chi connectivity index (χ1v) is 9.11. The van der Waals surface area contributed by atoms with Crippen LogP contribution in [0.4, 0.5) is 0 Å². The Morgan fingerprint density at radius 1 is 1.32 bits per heavy atom. The van der Waals surface area contributed by atoms with E-state index in [0.29, 0.717) is 19.0 Å². The molecule has 0 spiro atoms. The summed E-state index contributed by atoms with van der Waals surface area (Å²) in [7, 11) is 1.78. The van der Waals surface area contributed by atoms with E-state index in [1.807, 2.05) is 23.1 Å². The Bertz CT molecular complexity index is 608. The van der Waals surface area contributed by atoms with Gasteiger partial charge in [-0.05, 0) is 25.3 Å². The van der Waals surface area contributed by atoms with Crippen molar-refractivity contribution in [3.05, 3.63) is 24.4 Å². The standard InChI is InChI=1S/C18H26N4O3/c1-24-18-6-5-14(25-16-4-2-3-8-19-16)10-15(18)22(9-7-18)17(23)13-11-20-21-12-13/h2-4,8,13-15,20-21H,5-7,9-12H2,1H3/t14-,15-,18+/m0/s1. The number of rotatable bonds is 4. The number of hydrazine groups is 1. The zero-order valence-electron chi connectivity index (χ0n) is 14.6. The average molecular weight is 346 g/mol. The Morgan fingerprint density at radius 3 is 2.88 bits per heavy atom. The van der Waals surface area contributed by atoms with E-state index in [9.17, 15) is 4.79 Å². The molecule has 3 atom stereocenters. The number of nitrogens with zero attached hydrogens (tertiary/aromatic N) is 2. The molecule has 2 aliphatic heterocycles. The SMILES string of the molecule is CO[C@@]12CC[C@H](Oc3ccccn3)C[C@@H]1N(C(=O)C1CNNC1)CC2. The van der Waals surface area contributed by atoms with Crippen LogP contribution in [-0.4, -0.2) is 60.3 Å². The van der Waals surface area contributed by atoms with Crippen LogP contribution in [0.25, 0.3) is 0 Å². The molecule has 7 heteroatoms. The summed E-state index contributed by atoms with van der Waals surface area (Å²) in [6, 6.07) is 5.76. The van der Waals surface area contributed by atoms with Crippen LogP contribution in [0.5, 0.6) is 5.88 Å². The Morgan fingerprint density at radius 2 is 2.16 bits per heavy atom. The van der Waals surface area contributed by atoms with E-state index in [-0.39, 0.29) is 29.6 Å². The molecule has 1 amide bonds. The number of ether oxygens (including phenoxy) is 2. The first-order valence-electron chi connectivity index (χ1n) is 9.11. The second-order valence-electron chi connectivity index (χ2n) is 7.21. The van der Waals surface area contributed by atoms with Gasteiger partial charge >= 0.3 is 0 Å². The lowest BCUT2D eigenvalue weighted by atomic mass is 9.79. The van der Waals surface area contributed by atoms with Crippen LogP contribution in [0.3, 0.4) is 0 Å². The molecule has 2 saturated heterocycles. The van der Waals surface area contributed by atoms with Crippen LogP contribution < -0.4 is 15.6 Å². The minimum atomic E-state index is -0.223. The summed E-state index contributed by atoms with van der Waals surface area (Å²) >= 11 is 0. The first-order chi connectivity index (χ1) is 12.2. The van der Waals surface area contributed by atoms with Gasteiger partial charge in [-0.15, -0.1) is 0 Å². The smallest absolute Gasteiger partial charge is 0.228 e. The molecule has 136 valence electrons. The van der Waals surface area contributed by atoms with Crippen LogP contribution in [0.1, 0.15) is 25.7 Å². The third-order valence-corrected chi connectivity index (χ3v) is 5.92. The number of fused-ring (bicyclic) bond motifs is 1. The molecule has 7 nitrogen and oxygen atoms in total. The van der Waals surface area contributed by atoms with Gasteiger partial charge in [-0.2, -0.15) is 0 Å². The van der Waals surface area contributed by atoms with Gasteiger partial charge in [-0.25, -0.2) is 4.98 Å². The van der Waals surface area contributed by atoms with E-state index >= 15 is 0 Å².